The molecule has 10 nitrogen and oxygen atoms in total. The van der Waals surface area contributed by atoms with Crippen molar-refractivity contribution < 1.29 is 28.3 Å². The molecule has 2 aromatic heterocycles. The molecule has 4 heterocycles. The van der Waals surface area contributed by atoms with Gasteiger partial charge in [-0.25, -0.2) is 4.79 Å². The maximum absolute atomic E-state index is 13.2. The molecule has 0 bridgehead atoms. The normalized spacial score (nSPS) is 18.6. The molecule has 0 aliphatic carbocycles. The SMILES string of the molecule is COc1ccc2c(c1)C(=O)N(CC1(c3cc4cc(-c5cnccc5OC)ccc4o3)NC(=O)NC1=O)C2. The van der Waals surface area contributed by atoms with E-state index in [9.17, 15) is 14.4 Å². The molecular formula is C27H22N4O6. The lowest BCUT2D eigenvalue weighted by atomic mass is 9.95. The first kappa shape index (κ1) is 22.6. The van der Waals surface area contributed by atoms with Crippen molar-refractivity contribution >= 4 is 28.8 Å². The highest BCUT2D eigenvalue weighted by Gasteiger charge is 2.53. The van der Waals surface area contributed by atoms with E-state index in [1.54, 1.807) is 49.8 Å². The quantitative estimate of drug-likeness (QED) is 0.392. The molecule has 1 fully saturated rings. The average molecular weight is 498 g/mol. The van der Waals surface area contributed by atoms with E-state index in [2.05, 4.69) is 15.6 Å². The van der Waals surface area contributed by atoms with Gasteiger partial charge < -0.3 is 24.1 Å². The Morgan fingerprint density at radius 3 is 2.65 bits per heavy atom. The molecule has 2 aromatic carbocycles. The molecule has 2 N–H and O–H groups in total. The van der Waals surface area contributed by atoms with Gasteiger partial charge in [-0.3, -0.25) is 19.9 Å². The monoisotopic (exact) mass is 498 g/mol. The number of imide groups is 1. The third kappa shape index (κ3) is 3.56. The fourth-order valence-electron chi connectivity index (χ4n) is 4.93. The highest BCUT2D eigenvalue weighted by Crippen LogP contribution is 2.37. The molecule has 37 heavy (non-hydrogen) atoms. The lowest BCUT2D eigenvalue weighted by Crippen LogP contribution is -2.52. The number of ether oxygens (including phenoxy) is 2. The Bertz CT molecular complexity index is 1600. The Kier molecular flexibility index (Phi) is 5.11. The number of pyridine rings is 1. The van der Waals surface area contributed by atoms with Gasteiger partial charge in [-0.15, -0.1) is 0 Å². The van der Waals surface area contributed by atoms with Crippen molar-refractivity contribution in [2.45, 2.75) is 12.1 Å². The first-order valence-electron chi connectivity index (χ1n) is 11.5. The summed E-state index contributed by atoms with van der Waals surface area (Å²) in [5.41, 5.74) is 1.88. The minimum Gasteiger partial charge on any atom is -0.497 e. The van der Waals surface area contributed by atoms with Gasteiger partial charge in [0.25, 0.3) is 11.8 Å². The first-order valence-corrected chi connectivity index (χ1v) is 11.5. The topological polar surface area (TPSA) is 123 Å². The number of amides is 4. The van der Waals surface area contributed by atoms with Gasteiger partial charge >= 0.3 is 6.03 Å². The molecular weight excluding hydrogens is 476 g/mol. The van der Waals surface area contributed by atoms with Crippen LogP contribution in [0, 0.1) is 0 Å². The molecule has 1 saturated heterocycles. The Morgan fingerprint density at radius 2 is 1.89 bits per heavy atom. The molecule has 1 atom stereocenters. The number of carbonyl (C=O) groups excluding carboxylic acids is 3. The third-order valence-electron chi connectivity index (χ3n) is 6.81. The van der Waals surface area contributed by atoms with Crippen molar-refractivity contribution in [2.24, 2.45) is 0 Å². The lowest BCUT2D eigenvalue weighted by molar-refractivity contribution is -0.125. The molecule has 0 saturated carbocycles. The zero-order valence-corrected chi connectivity index (χ0v) is 20.0. The van der Waals surface area contributed by atoms with Gasteiger partial charge in [0.2, 0.25) is 0 Å². The molecule has 186 valence electrons. The van der Waals surface area contributed by atoms with Crippen molar-refractivity contribution in [3.05, 3.63) is 77.8 Å². The summed E-state index contributed by atoms with van der Waals surface area (Å²) in [6, 6.07) is 13.6. The van der Waals surface area contributed by atoms with Gasteiger partial charge in [-0.1, -0.05) is 12.1 Å². The number of nitrogens with zero attached hydrogens (tertiary/aromatic N) is 2. The highest BCUT2D eigenvalue weighted by molar-refractivity contribution is 6.08. The summed E-state index contributed by atoms with van der Waals surface area (Å²) in [7, 11) is 3.12. The van der Waals surface area contributed by atoms with Crippen molar-refractivity contribution in [2.75, 3.05) is 20.8 Å². The second kappa shape index (κ2) is 8.37. The van der Waals surface area contributed by atoms with Crippen LogP contribution in [0.4, 0.5) is 4.79 Å². The van der Waals surface area contributed by atoms with Crippen molar-refractivity contribution in [1.29, 1.82) is 0 Å². The predicted octanol–water partition coefficient (Wildman–Crippen LogP) is 3.20. The van der Waals surface area contributed by atoms with Crippen LogP contribution in [0.2, 0.25) is 0 Å². The molecule has 2 aliphatic rings. The van der Waals surface area contributed by atoms with Crippen molar-refractivity contribution in [3.8, 4) is 22.6 Å². The number of rotatable bonds is 6. The Hall–Kier alpha value is -4.86. The predicted molar refractivity (Wildman–Crippen MR) is 132 cm³/mol. The minimum atomic E-state index is -1.59. The van der Waals surface area contributed by atoms with Crippen LogP contribution in [0.25, 0.3) is 22.1 Å². The van der Waals surface area contributed by atoms with Crippen LogP contribution in [-0.2, 0) is 16.9 Å². The Labute approximate surface area is 211 Å². The summed E-state index contributed by atoms with van der Waals surface area (Å²) in [5.74, 6) is 0.605. The van der Waals surface area contributed by atoms with E-state index >= 15 is 0 Å². The number of urea groups is 1. The van der Waals surface area contributed by atoms with Crippen molar-refractivity contribution in [1.82, 2.24) is 20.5 Å². The van der Waals surface area contributed by atoms with E-state index in [-0.39, 0.29) is 24.8 Å². The third-order valence-corrected chi connectivity index (χ3v) is 6.81. The minimum absolute atomic E-state index is 0.108. The second-order valence-corrected chi connectivity index (χ2v) is 8.94. The maximum Gasteiger partial charge on any atom is 0.322 e. The summed E-state index contributed by atoms with van der Waals surface area (Å²) >= 11 is 0. The maximum atomic E-state index is 13.2. The van der Waals surface area contributed by atoms with Gasteiger partial charge in [-0.2, -0.15) is 0 Å². The van der Waals surface area contributed by atoms with Crippen LogP contribution < -0.4 is 20.1 Å². The average Bonchev–Trinajstić information content (AvgIpc) is 3.57. The standard InChI is InChI=1S/C27H22N4O6/c1-35-18-5-3-16-13-31(24(32)19(16)11-18)14-27(25(33)29-26(34)30-27)23-10-17-9-15(4-6-21(17)37-23)20-12-28-8-7-22(20)36-2/h3-12H,13-14H2,1-2H3,(H2,29,30,33,34). The number of fused-ring (bicyclic) bond motifs is 2. The fourth-order valence-corrected chi connectivity index (χ4v) is 4.93. The summed E-state index contributed by atoms with van der Waals surface area (Å²) in [4.78, 5) is 44.4. The van der Waals surface area contributed by atoms with Gasteiger partial charge in [-0.05, 0) is 47.5 Å². The van der Waals surface area contributed by atoms with E-state index in [4.69, 9.17) is 13.9 Å². The number of methoxy groups -OCH3 is 2. The second-order valence-electron chi connectivity index (χ2n) is 8.94. The smallest absolute Gasteiger partial charge is 0.322 e. The van der Waals surface area contributed by atoms with E-state index in [1.165, 1.54) is 12.0 Å². The molecule has 1 unspecified atom stereocenters. The molecule has 0 spiro atoms. The van der Waals surface area contributed by atoms with E-state index < -0.39 is 17.5 Å². The molecule has 4 amide bonds. The zero-order valence-electron chi connectivity index (χ0n) is 20.0. The number of hydrogen-bond acceptors (Lipinski definition) is 7. The summed E-state index contributed by atoms with van der Waals surface area (Å²) in [5, 5.41) is 5.73. The number of carbonyl (C=O) groups is 3. The summed E-state index contributed by atoms with van der Waals surface area (Å²) < 4.78 is 16.8. The number of aromatic nitrogens is 1. The van der Waals surface area contributed by atoms with Crippen LogP contribution in [0.15, 0.2) is 65.3 Å². The van der Waals surface area contributed by atoms with Crippen LogP contribution in [0.3, 0.4) is 0 Å². The number of nitrogens with one attached hydrogen (secondary N) is 2. The number of benzene rings is 2. The largest absolute Gasteiger partial charge is 0.497 e. The van der Waals surface area contributed by atoms with Gasteiger partial charge in [0.1, 0.15) is 22.8 Å². The molecule has 4 aromatic rings. The lowest BCUT2D eigenvalue weighted by Gasteiger charge is -2.29. The van der Waals surface area contributed by atoms with Crippen LogP contribution in [0.1, 0.15) is 21.7 Å². The molecule has 10 heteroatoms. The summed E-state index contributed by atoms with van der Waals surface area (Å²) in [6.45, 7) is 0.178. The van der Waals surface area contributed by atoms with E-state index in [0.717, 1.165) is 16.7 Å². The first-order chi connectivity index (χ1) is 17.9. The fraction of sp³-hybridized carbons (Fsp3) is 0.185. The summed E-state index contributed by atoms with van der Waals surface area (Å²) in [6.07, 6.45) is 3.36. The van der Waals surface area contributed by atoms with Crippen LogP contribution in [-0.4, -0.2) is 48.5 Å². The number of furan rings is 1. The Balaban J connectivity index is 1.39. The van der Waals surface area contributed by atoms with Gasteiger partial charge in [0.05, 0.1) is 20.8 Å². The molecule has 0 radical (unpaired) electrons. The Morgan fingerprint density at radius 1 is 1.03 bits per heavy atom. The van der Waals surface area contributed by atoms with Crippen molar-refractivity contribution in [3.63, 3.8) is 0 Å². The van der Waals surface area contributed by atoms with Crippen LogP contribution in [0.5, 0.6) is 11.5 Å². The highest BCUT2D eigenvalue weighted by atomic mass is 16.5. The van der Waals surface area contributed by atoms with Gasteiger partial charge in [0, 0.05) is 35.5 Å². The van der Waals surface area contributed by atoms with Gasteiger partial charge in [0.15, 0.2) is 5.54 Å². The van der Waals surface area contributed by atoms with E-state index in [0.29, 0.717) is 28.0 Å². The molecule has 2 aliphatic heterocycles. The zero-order chi connectivity index (χ0) is 25.7. The van der Waals surface area contributed by atoms with E-state index in [1.807, 2.05) is 18.2 Å². The number of hydrogen-bond donors (Lipinski definition) is 2. The van der Waals surface area contributed by atoms with Crippen LogP contribution >= 0.6 is 0 Å². The molecule has 6 rings (SSSR count).